The van der Waals surface area contributed by atoms with Crippen LogP contribution in [-0.2, 0) is 16.1 Å². The molecule has 2 fully saturated rings. The molecule has 2 atom stereocenters. The minimum atomic E-state index is -0.142. The fraction of sp³-hybridized carbons (Fsp3) is 0.500. The Balaban J connectivity index is 1.41. The number of carbonyl (C=O) groups excluding carboxylic acids is 1. The lowest BCUT2D eigenvalue weighted by Gasteiger charge is -2.26. The molecule has 0 unspecified atom stereocenters. The van der Waals surface area contributed by atoms with Crippen LogP contribution in [-0.4, -0.2) is 53.9 Å². The first-order valence-corrected chi connectivity index (χ1v) is 8.43. The minimum absolute atomic E-state index is 0.0853. The van der Waals surface area contributed by atoms with E-state index < -0.39 is 0 Å². The van der Waals surface area contributed by atoms with Crippen molar-refractivity contribution in [3.8, 4) is 0 Å². The van der Waals surface area contributed by atoms with Gasteiger partial charge in [-0.1, -0.05) is 11.2 Å². The first-order valence-electron chi connectivity index (χ1n) is 8.43. The van der Waals surface area contributed by atoms with Crippen LogP contribution < -0.4 is 0 Å². The molecule has 2 saturated heterocycles. The lowest BCUT2D eigenvalue weighted by molar-refractivity contribution is 0.0184. The Morgan fingerprint density at radius 2 is 2.44 bits per heavy atom. The van der Waals surface area contributed by atoms with E-state index in [0.29, 0.717) is 56.9 Å². The van der Waals surface area contributed by atoms with Crippen LogP contribution in [0.15, 0.2) is 35.1 Å². The number of nitrogens with zero attached hydrogens (tertiary/aromatic N) is 3. The third kappa shape index (κ3) is 3.17. The van der Waals surface area contributed by atoms with E-state index in [-0.39, 0.29) is 11.3 Å². The molecule has 2 aliphatic rings. The van der Waals surface area contributed by atoms with Crippen LogP contribution in [0.4, 0.5) is 0 Å². The summed E-state index contributed by atoms with van der Waals surface area (Å²) in [5.74, 6) is 0.844. The topological polar surface area (TPSA) is 77.7 Å². The van der Waals surface area contributed by atoms with Gasteiger partial charge in [-0.15, -0.1) is 0 Å². The number of aryl methyl sites for hydroxylation is 1. The second kappa shape index (κ2) is 6.57. The highest BCUT2D eigenvalue weighted by Gasteiger charge is 2.52. The van der Waals surface area contributed by atoms with Gasteiger partial charge in [0.25, 0.3) is 5.91 Å². The minimum Gasteiger partial charge on any atom is -0.380 e. The Kier molecular flexibility index (Phi) is 4.27. The van der Waals surface area contributed by atoms with Crippen LogP contribution in [0.5, 0.6) is 0 Å². The maximum absolute atomic E-state index is 12.6. The molecule has 0 N–H and O–H groups in total. The van der Waals surface area contributed by atoms with Crippen LogP contribution in [0.2, 0.25) is 0 Å². The van der Waals surface area contributed by atoms with Crippen molar-refractivity contribution in [1.82, 2.24) is 15.0 Å². The van der Waals surface area contributed by atoms with E-state index in [0.717, 1.165) is 5.56 Å². The summed E-state index contributed by atoms with van der Waals surface area (Å²) >= 11 is 0. The summed E-state index contributed by atoms with van der Waals surface area (Å²) in [6, 6.07) is 5.57. The second-order valence-corrected chi connectivity index (χ2v) is 6.94. The van der Waals surface area contributed by atoms with Crippen molar-refractivity contribution in [3.05, 3.63) is 47.6 Å². The van der Waals surface area contributed by atoms with Gasteiger partial charge in [-0.25, -0.2) is 0 Å². The third-order valence-electron chi connectivity index (χ3n) is 5.04. The van der Waals surface area contributed by atoms with E-state index in [1.165, 1.54) is 0 Å². The Labute approximate surface area is 145 Å². The Hall–Kier alpha value is -2.25. The van der Waals surface area contributed by atoms with Crippen molar-refractivity contribution in [2.45, 2.75) is 13.5 Å². The lowest BCUT2D eigenvalue weighted by Crippen LogP contribution is -2.37. The van der Waals surface area contributed by atoms with Gasteiger partial charge < -0.3 is 18.9 Å². The number of likely N-dealkylation sites (tertiary alicyclic amines) is 1. The van der Waals surface area contributed by atoms with Gasteiger partial charge in [0, 0.05) is 42.9 Å². The number of aromatic nitrogens is 2. The van der Waals surface area contributed by atoms with Gasteiger partial charge in [-0.05, 0) is 18.6 Å². The predicted molar refractivity (Wildman–Crippen MR) is 87.8 cm³/mol. The Morgan fingerprint density at radius 1 is 1.52 bits per heavy atom. The van der Waals surface area contributed by atoms with Crippen LogP contribution in [0.25, 0.3) is 0 Å². The molecule has 0 bridgehead atoms. The molecule has 2 aliphatic heterocycles. The molecule has 0 spiro atoms. The number of rotatable bonds is 5. The first kappa shape index (κ1) is 16.2. The summed E-state index contributed by atoms with van der Waals surface area (Å²) in [4.78, 5) is 18.6. The van der Waals surface area contributed by atoms with E-state index in [1.807, 2.05) is 17.0 Å². The standard InChI is InChI=1S/C18H21N3O4/c1-13-5-16(20-25-13)17(22)21-7-15-9-24-12-18(15,10-21)11-23-8-14-3-2-4-19-6-14/h2-6,15H,7-12H2,1H3/t15-,18-/m1/s1. The number of ether oxygens (including phenoxy) is 2. The predicted octanol–water partition coefficient (Wildman–Crippen LogP) is 1.68. The highest BCUT2D eigenvalue weighted by Crippen LogP contribution is 2.42. The maximum Gasteiger partial charge on any atom is 0.276 e. The number of amides is 1. The average molecular weight is 343 g/mol. The van der Waals surface area contributed by atoms with E-state index in [1.54, 1.807) is 25.4 Å². The monoisotopic (exact) mass is 343 g/mol. The molecule has 132 valence electrons. The van der Waals surface area contributed by atoms with Gasteiger partial charge in [0.15, 0.2) is 5.69 Å². The summed E-state index contributed by atoms with van der Waals surface area (Å²) in [6.45, 7) is 5.43. The molecule has 0 saturated carbocycles. The molecule has 0 aromatic carbocycles. The van der Waals surface area contributed by atoms with Crippen molar-refractivity contribution >= 4 is 5.91 Å². The summed E-state index contributed by atoms with van der Waals surface area (Å²) in [5, 5.41) is 3.84. The van der Waals surface area contributed by atoms with Gasteiger partial charge in [-0.3, -0.25) is 9.78 Å². The molecular formula is C18H21N3O4. The summed E-state index contributed by atoms with van der Waals surface area (Å²) in [7, 11) is 0. The average Bonchev–Trinajstić information content (AvgIpc) is 3.29. The number of carbonyl (C=O) groups is 1. The smallest absolute Gasteiger partial charge is 0.276 e. The van der Waals surface area contributed by atoms with Gasteiger partial charge in [0.05, 0.1) is 26.4 Å². The van der Waals surface area contributed by atoms with Gasteiger partial charge in [0.1, 0.15) is 5.76 Å². The normalized spacial score (nSPS) is 25.3. The van der Waals surface area contributed by atoms with E-state index in [4.69, 9.17) is 14.0 Å². The first-order chi connectivity index (χ1) is 12.2. The molecule has 7 heteroatoms. The molecule has 7 nitrogen and oxygen atoms in total. The molecule has 0 radical (unpaired) electrons. The van der Waals surface area contributed by atoms with Crippen molar-refractivity contribution < 1.29 is 18.8 Å². The van der Waals surface area contributed by atoms with Crippen molar-refractivity contribution in [3.63, 3.8) is 0 Å². The van der Waals surface area contributed by atoms with E-state index >= 15 is 0 Å². The van der Waals surface area contributed by atoms with Crippen molar-refractivity contribution in [2.75, 3.05) is 32.9 Å². The van der Waals surface area contributed by atoms with E-state index in [9.17, 15) is 4.79 Å². The Bertz CT molecular complexity index is 748. The fourth-order valence-corrected chi connectivity index (χ4v) is 3.68. The van der Waals surface area contributed by atoms with E-state index in [2.05, 4.69) is 10.1 Å². The number of hydrogen-bond donors (Lipinski definition) is 0. The number of pyridine rings is 1. The van der Waals surface area contributed by atoms with Crippen molar-refractivity contribution in [1.29, 1.82) is 0 Å². The molecule has 0 aliphatic carbocycles. The molecular weight excluding hydrogens is 322 g/mol. The zero-order valence-electron chi connectivity index (χ0n) is 14.2. The SMILES string of the molecule is Cc1cc(C(=O)N2C[C@@H]3COC[C@]3(COCc3cccnc3)C2)no1. The largest absolute Gasteiger partial charge is 0.380 e. The summed E-state index contributed by atoms with van der Waals surface area (Å²) in [5.41, 5.74) is 1.26. The van der Waals surface area contributed by atoms with Crippen molar-refractivity contribution in [2.24, 2.45) is 11.3 Å². The van der Waals surface area contributed by atoms with Crippen LogP contribution in [0.1, 0.15) is 21.8 Å². The summed E-state index contributed by atoms with van der Waals surface area (Å²) in [6.07, 6.45) is 3.55. The molecule has 25 heavy (non-hydrogen) atoms. The van der Waals surface area contributed by atoms with Crippen LogP contribution in [0, 0.1) is 18.3 Å². The highest BCUT2D eigenvalue weighted by molar-refractivity contribution is 5.92. The second-order valence-electron chi connectivity index (χ2n) is 6.94. The van der Waals surface area contributed by atoms with Crippen LogP contribution >= 0.6 is 0 Å². The van der Waals surface area contributed by atoms with Gasteiger partial charge in [0.2, 0.25) is 0 Å². The molecule has 2 aromatic heterocycles. The number of hydrogen-bond acceptors (Lipinski definition) is 6. The zero-order valence-corrected chi connectivity index (χ0v) is 14.2. The van der Waals surface area contributed by atoms with Gasteiger partial charge in [-0.2, -0.15) is 0 Å². The third-order valence-corrected chi connectivity index (χ3v) is 5.04. The number of fused-ring (bicyclic) bond motifs is 1. The molecule has 4 rings (SSSR count). The van der Waals surface area contributed by atoms with Gasteiger partial charge >= 0.3 is 0 Å². The maximum atomic E-state index is 12.6. The molecule has 4 heterocycles. The Morgan fingerprint density at radius 3 is 3.20 bits per heavy atom. The molecule has 2 aromatic rings. The highest BCUT2D eigenvalue weighted by atomic mass is 16.5. The molecule has 1 amide bonds. The fourth-order valence-electron chi connectivity index (χ4n) is 3.68. The van der Waals surface area contributed by atoms with Crippen LogP contribution in [0.3, 0.4) is 0 Å². The summed E-state index contributed by atoms with van der Waals surface area (Å²) < 4.78 is 16.7. The lowest BCUT2D eigenvalue weighted by atomic mass is 9.82. The quantitative estimate of drug-likeness (QED) is 0.822. The zero-order chi connectivity index (χ0) is 17.3.